The molecule has 1 rings (SSSR count). The predicted molar refractivity (Wildman–Crippen MR) is 57.7 cm³/mol. The van der Waals surface area contributed by atoms with E-state index in [2.05, 4.69) is 0 Å². The summed E-state index contributed by atoms with van der Waals surface area (Å²) in [5.41, 5.74) is 0. The molecule has 3 nitrogen and oxygen atoms in total. The largest absolute Gasteiger partial charge is 0.481 e. The number of hydrogen-bond donors (Lipinski definition) is 1. The monoisotopic (exact) mass is 212 g/mol. The van der Waals surface area contributed by atoms with Gasteiger partial charge in [-0.3, -0.25) is 9.59 Å². The van der Waals surface area contributed by atoms with Crippen LogP contribution in [0.15, 0.2) is 0 Å². The number of rotatable bonds is 5. The number of carbonyl (C=O) groups is 2. The highest BCUT2D eigenvalue weighted by atomic mass is 16.4. The van der Waals surface area contributed by atoms with Gasteiger partial charge in [0.1, 0.15) is 12.2 Å². The molecule has 0 radical (unpaired) electrons. The Kier molecular flexibility index (Phi) is 5.37. The Hall–Kier alpha value is -0.860. The highest BCUT2D eigenvalue weighted by molar-refractivity contribution is 5.94. The molecule has 0 aromatic heterocycles. The zero-order valence-electron chi connectivity index (χ0n) is 9.21. The van der Waals surface area contributed by atoms with Gasteiger partial charge in [-0.25, -0.2) is 0 Å². The van der Waals surface area contributed by atoms with Crippen LogP contribution >= 0.6 is 0 Å². The molecule has 86 valence electrons. The highest BCUT2D eigenvalue weighted by Gasteiger charge is 2.14. The van der Waals surface area contributed by atoms with Crippen LogP contribution < -0.4 is 0 Å². The molecule has 0 bridgehead atoms. The van der Waals surface area contributed by atoms with Crippen molar-refractivity contribution in [2.45, 2.75) is 57.8 Å². The molecule has 0 amide bonds. The van der Waals surface area contributed by atoms with Gasteiger partial charge in [0, 0.05) is 6.42 Å². The van der Waals surface area contributed by atoms with Gasteiger partial charge in [-0.15, -0.1) is 0 Å². The maximum atomic E-state index is 11.2. The molecule has 1 aliphatic carbocycles. The average Bonchev–Trinajstić information content (AvgIpc) is 2.41. The molecule has 3 heteroatoms. The van der Waals surface area contributed by atoms with E-state index >= 15 is 0 Å². The Morgan fingerprint density at radius 1 is 1.07 bits per heavy atom. The summed E-state index contributed by atoms with van der Waals surface area (Å²) < 4.78 is 0. The summed E-state index contributed by atoms with van der Waals surface area (Å²) in [4.78, 5) is 21.5. The van der Waals surface area contributed by atoms with Gasteiger partial charge in [0.25, 0.3) is 0 Å². The number of carbonyl (C=O) groups excluding carboxylic acids is 1. The highest BCUT2D eigenvalue weighted by Crippen LogP contribution is 2.26. The normalized spacial score (nSPS) is 18.4. The Morgan fingerprint density at radius 3 is 2.20 bits per heavy atom. The van der Waals surface area contributed by atoms with E-state index in [0.717, 1.165) is 6.42 Å². The van der Waals surface area contributed by atoms with Gasteiger partial charge in [0.15, 0.2) is 0 Å². The second-order valence-corrected chi connectivity index (χ2v) is 4.51. The summed E-state index contributed by atoms with van der Waals surface area (Å²) >= 11 is 0. The molecule has 0 spiro atoms. The zero-order chi connectivity index (χ0) is 11.1. The minimum atomic E-state index is -0.999. The van der Waals surface area contributed by atoms with Crippen LogP contribution in [0.4, 0.5) is 0 Å². The first-order valence-electron chi connectivity index (χ1n) is 5.92. The summed E-state index contributed by atoms with van der Waals surface area (Å²) in [5.74, 6) is -0.460. The molecule has 15 heavy (non-hydrogen) atoms. The van der Waals surface area contributed by atoms with Crippen molar-refractivity contribution in [3.8, 4) is 0 Å². The van der Waals surface area contributed by atoms with Gasteiger partial charge < -0.3 is 5.11 Å². The summed E-state index contributed by atoms with van der Waals surface area (Å²) in [7, 11) is 0. The molecule has 0 aromatic rings. The molecule has 1 aliphatic rings. The van der Waals surface area contributed by atoms with Crippen LogP contribution in [0.2, 0.25) is 0 Å². The summed E-state index contributed by atoms with van der Waals surface area (Å²) in [6.45, 7) is 0. The van der Waals surface area contributed by atoms with Gasteiger partial charge in [-0.1, -0.05) is 38.5 Å². The van der Waals surface area contributed by atoms with Gasteiger partial charge in [0.2, 0.25) is 0 Å². The molecule has 0 heterocycles. The van der Waals surface area contributed by atoms with Crippen molar-refractivity contribution in [1.29, 1.82) is 0 Å². The maximum absolute atomic E-state index is 11.2. The van der Waals surface area contributed by atoms with Gasteiger partial charge in [-0.2, -0.15) is 0 Å². The minimum absolute atomic E-state index is 0.119. The molecular formula is C12H20O3. The fraction of sp³-hybridized carbons (Fsp3) is 0.833. The SMILES string of the molecule is O=C(O)CC(=O)CCC1CCCCCC1. The smallest absolute Gasteiger partial charge is 0.310 e. The molecule has 0 aromatic carbocycles. The van der Waals surface area contributed by atoms with Gasteiger partial charge in [0.05, 0.1) is 0 Å². The first-order valence-corrected chi connectivity index (χ1v) is 5.92. The van der Waals surface area contributed by atoms with Crippen LogP contribution in [0.3, 0.4) is 0 Å². The van der Waals surface area contributed by atoms with Crippen LogP contribution in [0, 0.1) is 5.92 Å². The van der Waals surface area contributed by atoms with E-state index in [4.69, 9.17) is 5.11 Å². The minimum Gasteiger partial charge on any atom is -0.481 e. The zero-order valence-corrected chi connectivity index (χ0v) is 9.21. The first-order chi connectivity index (χ1) is 7.18. The first kappa shape index (κ1) is 12.2. The van der Waals surface area contributed by atoms with Crippen LogP contribution in [0.25, 0.3) is 0 Å². The Balaban J connectivity index is 2.17. The van der Waals surface area contributed by atoms with Crippen molar-refractivity contribution >= 4 is 11.8 Å². The van der Waals surface area contributed by atoms with E-state index in [1.165, 1.54) is 38.5 Å². The van der Waals surface area contributed by atoms with E-state index < -0.39 is 5.97 Å². The molecule has 1 saturated carbocycles. The number of hydrogen-bond acceptors (Lipinski definition) is 2. The maximum Gasteiger partial charge on any atom is 0.310 e. The lowest BCUT2D eigenvalue weighted by Gasteiger charge is -2.12. The lowest BCUT2D eigenvalue weighted by Crippen LogP contribution is -2.09. The van der Waals surface area contributed by atoms with Crippen molar-refractivity contribution in [1.82, 2.24) is 0 Å². The van der Waals surface area contributed by atoms with Gasteiger partial charge in [-0.05, 0) is 12.3 Å². The molecule has 0 aliphatic heterocycles. The summed E-state index contributed by atoms with van der Waals surface area (Å²) in [6.07, 6.45) is 8.69. The molecule has 0 unspecified atom stereocenters. The van der Waals surface area contributed by atoms with Crippen molar-refractivity contribution < 1.29 is 14.7 Å². The second kappa shape index (κ2) is 6.59. The molecule has 0 atom stereocenters. The third-order valence-corrected chi connectivity index (χ3v) is 3.15. The van der Waals surface area contributed by atoms with Crippen molar-refractivity contribution in [3.63, 3.8) is 0 Å². The van der Waals surface area contributed by atoms with E-state index in [9.17, 15) is 9.59 Å². The fourth-order valence-electron chi connectivity index (χ4n) is 2.27. The van der Waals surface area contributed by atoms with Crippen LogP contribution in [-0.4, -0.2) is 16.9 Å². The van der Waals surface area contributed by atoms with Crippen LogP contribution in [0.5, 0.6) is 0 Å². The number of carboxylic acid groups (broad SMARTS) is 1. The van der Waals surface area contributed by atoms with Crippen molar-refractivity contribution in [2.24, 2.45) is 5.92 Å². The predicted octanol–water partition coefficient (Wildman–Crippen LogP) is 2.78. The van der Waals surface area contributed by atoms with E-state index in [0.29, 0.717) is 12.3 Å². The lowest BCUT2D eigenvalue weighted by atomic mass is 9.93. The molecule has 0 saturated heterocycles. The third-order valence-electron chi connectivity index (χ3n) is 3.15. The molecule has 1 fully saturated rings. The number of ketones is 1. The van der Waals surface area contributed by atoms with E-state index in [1.807, 2.05) is 0 Å². The quantitative estimate of drug-likeness (QED) is 0.563. The lowest BCUT2D eigenvalue weighted by molar-refractivity contribution is -0.140. The number of Topliss-reactive ketones (excluding diaryl/α,β-unsaturated/α-hetero) is 1. The third kappa shape index (κ3) is 5.55. The van der Waals surface area contributed by atoms with Gasteiger partial charge >= 0.3 is 5.97 Å². The topological polar surface area (TPSA) is 54.4 Å². The molecular weight excluding hydrogens is 192 g/mol. The average molecular weight is 212 g/mol. The molecule has 1 N–H and O–H groups in total. The number of carboxylic acids is 1. The van der Waals surface area contributed by atoms with Crippen molar-refractivity contribution in [3.05, 3.63) is 0 Å². The van der Waals surface area contributed by atoms with Crippen LogP contribution in [0.1, 0.15) is 57.8 Å². The van der Waals surface area contributed by atoms with Crippen LogP contribution in [-0.2, 0) is 9.59 Å². The second-order valence-electron chi connectivity index (χ2n) is 4.51. The van der Waals surface area contributed by atoms with E-state index in [-0.39, 0.29) is 12.2 Å². The fourth-order valence-corrected chi connectivity index (χ4v) is 2.27. The van der Waals surface area contributed by atoms with Crippen molar-refractivity contribution in [2.75, 3.05) is 0 Å². The Labute approximate surface area is 90.9 Å². The summed E-state index contributed by atoms with van der Waals surface area (Å²) in [6, 6.07) is 0. The Morgan fingerprint density at radius 2 is 1.67 bits per heavy atom. The van der Waals surface area contributed by atoms with E-state index in [1.54, 1.807) is 0 Å². The Bertz CT molecular complexity index is 215. The standard InChI is InChI=1S/C12H20O3/c13-11(9-12(14)15)8-7-10-5-3-1-2-4-6-10/h10H,1-9H2,(H,14,15). The summed E-state index contributed by atoms with van der Waals surface area (Å²) in [5, 5.41) is 8.45. The number of aliphatic carboxylic acids is 1.